The van der Waals surface area contributed by atoms with Gasteiger partial charge in [0.25, 0.3) is 0 Å². The average molecular weight is 240 g/mol. The Morgan fingerprint density at radius 1 is 1.35 bits per heavy atom. The van der Waals surface area contributed by atoms with Gasteiger partial charge in [-0.3, -0.25) is 4.90 Å². The molecule has 1 rings (SSSR count). The predicted octanol–water partition coefficient (Wildman–Crippen LogP) is 3.13. The van der Waals surface area contributed by atoms with Gasteiger partial charge in [0.1, 0.15) is 0 Å². The van der Waals surface area contributed by atoms with E-state index in [2.05, 4.69) is 44.8 Å². The summed E-state index contributed by atoms with van der Waals surface area (Å²) in [6.45, 7) is 16.5. The van der Waals surface area contributed by atoms with Crippen LogP contribution >= 0.6 is 0 Å². The van der Waals surface area contributed by atoms with Crippen molar-refractivity contribution in [1.82, 2.24) is 10.2 Å². The van der Waals surface area contributed by atoms with E-state index in [1.54, 1.807) is 0 Å². The summed E-state index contributed by atoms with van der Waals surface area (Å²) in [4.78, 5) is 2.71. The summed E-state index contributed by atoms with van der Waals surface area (Å²) >= 11 is 0. The van der Waals surface area contributed by atoms with Crippen molar-refractivity contribution < 1.29 is 0 Å². The number of hydrogen-bond donors (Lipinski definition) is 1. The third kappa shape index (κ3) is 5.39. The van der Waals surface area contributed by atoms with Crippen LogP contribution in [0.5, 0.6) is 0 Å². The molecule has 1 unspecified atom stereocenters. The standard InChI is InChI=1S/C15H32N2/c1-6-14-8-7-9-17(14)12-15(4,5)11-16-10-13(2)3/h13-14,16H,6-12H2,1-5H3. The Balaban J connectivity index is 2.32. The van der Waals surface area contributed by atoms with E-state index >= 15 is 0 Å². The molecule has 2 nitrogen and oxygen atoms in total. The summed E-state index contributed by atoms with van der Waals surface area (Å²) in [6.07, 6.45) is 4.12. The minimum absolute atomic E-state index is 0.395. The summed E-state index contributed by atoms with van der Waals surface area (Å²) in [5.41, 5.74) is 0.395. The van der Waals surface area contributed by atoms with Crippen molar-refractivity contribution in [3.05, 3.63) is 0 Å². The van der Waals surface area contributed by atoms with Gasteiger partial charge in [0, 0.05) is 19.1 Å². The molecule has 17 heavy (non-hydrogen) atoms. The fraction of sp³-hybridized carbons (Fsp3) is 1.00. The molecule has 102 valence electrons. The largest absolute Gasteiger partial charge is 0.316 e. The highest BCUT2D eigenvalue weighted by Crippen LogP contribution is 2.25. The maximum atomic E-state index is 3.61. The topological polar surface area (TPSA) is 15.3 Å². The summed E-state index contributed by atoms with van der Waals surface area (Å²) in [6, 6.07) is 0.847. The molecule has 0 aromatic carbocycles. The monoisotopic (exact) mass is 240 g/mol. The molecule has 2 heteroatoms. The normalized spacial score (nSPS) is 22.6. The van der Waals surface area contributed by atoms with Gasteiger partial charge in [-0.25, -0.2) is 0 Å². The van der Waals surface area contributed by atoms with Crippen LogP contribution < -0.4 is 5.32 Å². The third-order valence-electron chi connectivity index (χ3n) is 3.76. The van der Waals surface area contributed by atoms with Crippen LogP contribution in [0.15, 0.2) is 0 Å². The van der Waals surface area contributed by atoms with E-state index in [9.17, 15) is 0 Å². The molecule has 0 amide bonds. The van der Waals surface area contributed by atoms with Gasteiger partial charge in [-0.15, -0.1) is 0 Å². The zero-order valence-corrected chi connectivity index (χ0v) is 12.6. The summed E-state index contributed by atoms with van der Waals surface area (Å²) in [5.74, 6) is 0.751. The van der Waals surface area contributed by atoms with Crippen molar-refractivity contribution in [2.24, 2.45) is 11.3 Å². The lowest BCUT2D eigenvalue weighted by Gasteiger charge is -2.34. The first-order valence-electron chi connectivity index (χ1n) is 7.39. The van der Waals surface area contributed by atoms with Crippen molar-refractivity contribution in [1.29, 1.82) is 0 Å². The van der Waals surface area contributed by atoms with Crippen molar-refractivity contribution in [2.45, 2.75) is 59.9 Å². The summed E-state index contributed by atoms with van der Waals surface area (Å²) < 4.78 is 0. The first kappa shape index (κ1) is 15.0. The van der Waals surface area contributed by atoms with Crippen molar-refractivity contribution in [2.75, 3.05) is 26.2 Å². The summed E-state index contributed by atoms with van der Waals surface area (Å²) in [7, 11) is 0. The molecule has 1 aliphatic rings. The highest BCUT2D eigenvalue weighted by Gasteiger charge is 2.28. The zero-order chi connectivity index (χ0) is 12.9. The van der Waals surface area contributed by atoms with Gasteiger partial charge in [0.2, 0.25) is 0 Å². The molecular weight excluding hydrogens is 208 g/mol. The fourth-order valence-electron chi connectivity index (χ4n) is 2.87. The van der Waals surface area contributed by atoms with Gasteiger partial charge in [0.05, 0.1) is 0 Å². The van der Waals surface area contributed by atoms with Gasteiger partial charge in [-0.05, 0) is 43.7 Å². The fourth-order valence-corrected chi connectivity index (χ4v) is 2.87. The van der Waals surface area contributed by atoms with Crippen LogP contribution in [0.4, 0.5) is 0 Å². The lowest BCUT2D eigenvalue weighted by atomic mass is 9.92. The quantitative estimate of drug-likeness (QED) is 0.735. The number of rotatable bonds is 7. The minimum atomic E-state index is 0.395. The van der Waals surface area contributed by atoms with Crippen molar-refractivity contribution >= 4 is 0 Å². The molecule has 1 N–H and O–H groups in total. The van der Waals surface area contributed by atoms with Crippen LogP contribution in [0, 0.1) is 11.3 Å². The molecule has 0 aromatic rings. The number of nitrogens with one attached hydrogen (secondary N) is 1. The Morgan fingerprint density at radius 3 is 2.65 bits per heavy atom. The van der Waals surface area contributed by atoms with Gasteiger partial charge >= 0.3 is 0 Å². The second-order valence-corrected chi connectivity index (χ2v) is 6.86. The van der Waals surface area contributed by atoms with Gasteiger partial charge < -0.3 is 5.32 Å². The smallest absolute Gasteiger partial charge is 0.00933 e. The molecular formula is C15H32N2. The lowest BCUT2D eigenvalue weighted by molar-refractivity contribution is 0.158. The number of nitrogens with zero attached hydrogens (tertiary/aromatic N) is 1. The van der Waals surface area contributed by atoms with E-state index < -0.39 is 0 Å². The number of likely N-dealkylation sites (tertiary alicyclic amines) is 1. The van der Waals surface area contributed by atoms with Crippen LogP contribution in [0.3, 0.4) is 0 Å². The van der Waals surface area contributed by atoms with E-state index in [1.807, 2.05) is 0 Å². The first-order valence-corrected chi connectivity index (χ1v) is 7.39. The molecule has 0 aliphatic carbocycles. The van der Waals surface area contributed by atoms with E-state index in [4.69, 9.17) is 0 Å². The maximum absolute atomic E-state index is 3.61. The van der Waals surface area contributed by atoms with Gasteiger partial charge in [-0.1, -0.05) is 34.6 Å². The van der Waals surface area contributed by atoms with Gasteiger partial charge in [0.15, 0.2) is 0 Å². The molecule has 0 aromatic heterocycles. The number of hydrogen-bond acceptors (Lipinski definition) is 2. The maximum Gasteiger partial charge on any atom is 0.00933 e. The Morgan fingerprint density at radius 2 is 2.06 bits per heavy atom. The molecule has 1 fully saturated rings. The second kappa shape index (κ2) is 6.75. The minimum Gasteiger partial charge on any atom is -0.316 e. The Labute approximate surface area is 108 Å². The van der Waals surface area contributed by atoms with Crippen LogP contribution in [0.1, 0.15) is 53.9 Å². The molecule has 1 aliphatic heterocycles. The predicted molar refractivity (Wildman–Crippen MR) is 76.4 cm³/mol. The molecule has 0 saturated carbocycles. The third-order valence-corrected chi connectivity index (χ3v) is 3.76. The molecule has 1 heterocycles. The molecule has 1 atom stereocenters. The molecule has 0 radical (unpaired) electrons. The Bertz CT molecular complexity index is 211. The van der Waals surface area contributed by atoms with E-state index in [0.29, 0.717) is 5.41 Å². The average Bonchev–Trinajstić information content (AvgIpc) is 2.63. The van der Waals surface area contributed by atoms with Crippen LogP contribution in [0.25, 0.3) is 0 Å². The van der Waals surface area contributed by atoms with E-state index in [1.165, 1.54) is 32.4 Å². The van der Waals surface area contributed by atoms with E-state index in [-0.39, 0.29) is 0 Å². The Kier molecular flexibility index (Phi) is 5.94. The van der Waals surface area contributed by atoms with Crippen molar-refractivity contribution in [3.63, 3.8) is 0 Å². The zero-order valence-electron chi connectivity index (χ0n) is 12.6. The second-order valence-electron chi connectivity index (χ2n) is 6.86. The molecule has 1 saturated heterocycles. The van der Waals surface area contributed by atoms with Crippen LogP contribution in [0.2, 0.25) is 0 Å². The SMILES string of the molecule is CCC1CCCN1CC(C)(C)CNCC(C)C. The highest BCUT2D eigenvalue weighted by atomic mass is 15.2. The first-order chi connectivity index (χ1) is 7.94. The van der Waals surface area contributed by atoms with Crippen molar-refractivity contribution in [3.8, 4) is 0 Å². The van der Waals surface area contributed by atoms with Crippen LogP contribution in [-0.4, -0.2) is 37.1 Å². The summed E-state index contributed by atoms with van der Waals surface area (Å²) in [5, 5.41) is 3.61. The Hall–Kier alpha value is -0.0800. The van der Waals surface area contributed by atoms with E-state index in [0.717, 1.165) is 25.0 Å². The molecule has 0 spiro atoms. The van der Waals surface area contributed by atoms with Gasteiger partial charge in [-0.2, -0.15) is 0 Å². The molecule has 0 bridgehead atoms. The lowest BCUT2D eigenvalue weighted by Crippen LogP contribution is -2.43. The van der Waals surface area contributed by atoms with Crippen LogP contribution in [-0.2, 0) is 0 Å². The highest BCUT2D eigenvalue weighted by molar-refractivity contribution is 4.84.